The number of ether oxygens (including phenoxy) is 1. The molecule has 0 aliphatic carbocycles. The van der Waals surface area contributed by atoms with Gasteiger partial charge in [-0.2, -0.15) is 0 Å². The summed E-state index contributed by atoms with van der Waals surface area (Å²) < 4.78 is 10.4. The molecule has 0 bridgehead atoms. The molecule has 30 heavy (non-hydrogen) atoms. The first kappa shape index (κ1) is 20.6. The fourth-order valence-electron chi connectivity index (χ4n) is 3.57. The minimum Gasteiger partial charge on any atom is -0.457 e. The summed E-state index contributed by atoms with van der Waals surface area (Å²) in [6, 6.07) is 18.5. The number of aryl methyl sites for hydroxylation is 2. The maximum absolute atomic E-state index is 11.9. The average molecular weight is 423 g/mol. The Balaban J connectivity index is 1.36. The molecule has 0 amide bonds. The molecule has 2 heterocycles. The number of anilines is 1. The van der Waals surface area contributed by atoms with E-state index >= 15 is 0 Å². The quantitative estimate of drug-likeness (QED) is 0.522. The Morgan fingerprint density at radius 3 is 2.53 bits per heavy atom. The second-order valence-electron chi connectivity index (χ2n) is 7.48. The van der Waals surface area contributed by atoms with E-state index in [1.54, 1.807) is 12.1 Å². The molecule has 0 spiro atoms. The van der Waals surface area contributed by atoms with Gasteiger partial charge in [-0.1, -0.05) is 41.6 Å². The van der Waals surface area contributed by atoms with Crippen LogP contribution in [-0.2, 0) is 4.74 Å². The Hall–Kier alpha value is -2.70. The third kappa shape index (κ3) is 4.89. The molecule has 5 nitrogen and oxygen atoms in total. The molecule has 6 heteroatoms. The summed E-state index contributed by atoms with van der Waals surface area (Å²) in [6.07, 6.45) is 1.48. The van der Waals surface area contributed by atoms with Gasteiger partial charge in [0.15, 0.2) is 0 Å². The monoisotopic (exact) mass is 422 g/mol. The summed E-state index contributed by atoms with van der Waals surface area (Å²) in [7, 11) is 0. The summed E-state index contributed by atoms with van der Waals surface area (Å²) in [5.74, 6) is -0.177. The predicted molar refractivity (Wildman–Crippen MR) is 119 cm³/mol. The lowest BCUT2D eigenvalue weighted by molar-refractivity contribution is 0.0172. The highest BCUT2D eigenvalue weighted by Gasteiger charge is 2.21. The zero-order chi connectivity index (χ0) is 20.9. The van der Waals surface area contributed by atoms with Crippen LogP contribution in [0.4, 0.5) is 5.69 Å². The van der Waals surface area contributed by atoms with Crippen LogP contribution in [0.5, 0.6) is 0 Å². The molecule has 1 fully saturated rings. The van der Waals surface area contributed by atoms with Crippen molar-refractivity contribution in [1.82, 2.24) is 4.90 Å². The van der Waals surface area contributed by atoms with E-state index in [1.807, 2.05) is 11.8 Å². The van der Waals surface area contributed by atoms with Crippen molar-refractivity contribution >= 4 is 23.4 Å². The maximum atomic E-state index is 11.9. The number of nitrogens with zero attached hydrogens (tertiary/aromatic N) is 2. The average Bonchev–Trinajstić information content (AvgIpc) is 3.30. The number of carbonyl (C=O) groups is 1. The number of esters is 1. The van der Waals surface area contributed by atoms with Crippen LogP contribution in [0.3, 0.4) is 0 Å². The van der Waals surface area contributed by atoms with Crippen molar-refractivity contribution in [3.05, 3.63) is 77.7 Å². The van der Waals surface area contributed by atoms with Gasteiger partial charge in [0.1, 0.15) is 6.73 Å². The topological polar surface area (TPSA) is 45.9 Å². The van der Waals surface area contributed by atoms with Gasteiger partial charge in [-0.3, -0.25) is 4.90 Å². The van der Waals surface area contributed by atoms with Gasteiger partial charge in [-0.15, -0.1) is 0 Å². The molecule has 3 aromatic rings. The summed E-state index contributed by atoms with van der Waals surface area (Å²) in [5.41, 5.74) is 3.85. The Labute approximate surface area is 181 Å². The number of piperazine rings is 1. The van der Waals surface area contributed by atoms with Crippen LogP contribution in [-0.4, -0.2) is 43.8 Å². The Bertz CT molecular complexity index is 995. The first-order chi connectivity index (χ1) is 14.6. The van der Waals surface area contributed by atoms with Crippen LogP contribution in [0.25, 0.3) is 0 Å². The minimum absolute atomic E-state index is 0.242. The lowest BCUT2D eigenvalue weighted by Gasteiger charge is -2.36. The van der Waals surface area contributed by atoms with Gasteiger partial charge in [0, 0.05) is 36.0 Å². The predicted octanol–water partition coefficient (Wildman–Crippen LogP) is 4.98. The van der Waals surface area contributed by atoms with E-state index in [0.29, 0.717) is 0 Å². The van der Waals surface area contributed by atoms with Crippen LogP contribution < -0.4 is 4.90 Å². The zero-order valence-corrected chi connectivity index (χ0v) is 18.2. The van der Waals surface area contributed by atoms with E-state index in [4.69, 9.17) is 9.15 Å². The highest BCUT2D eigenvalue weighted by molar-refractivity contribution is 7.99. The van der Waals surface area contributed by atoms with Gasteiger partial charge < -0.3 is 14.1 Å². The number of hydrogen-bond donors (Lipinski definition) is 0. The van der Waals surface area contributed by atoms with Gasteiger partial charge in [-0.05, 0) is 49.7 Å². The molecule has 1 saturated heterocycles. The molecule has 0 atom stereocenters. The Kier molecular flexibility index (Phi) is 6.45. The molecule has 0 unspecified atom stereocenters. The number of benzene rings is 2. The van der Waals surface area contributed by atoms with E-state index < -0.39 is 5.97 Å². The van der Waals surface area contributed by atoms with E-state index in [2.05, 4.69) is 66.1 Å². The summed E-state index contributed by atoms with van der Waals surface area (Å²) in [4.78, 5) is 19.1. The van der Waals surface area contributed by atoms with Crippen molar-refractivity contribution < 1.29 is 13.9 Å². The summed E-state index contributed by atoms with van der Waals surface area (Å²) in [6.45, 7) is 8.04. The number of hydrogen-bond acceptors (Lipinski definition) is 6. The smallest absolute Gasteiger partial charge is 0.375 e. The molecule has 1 aromatic heterocycles. The molecule has 4 rings (SSSR count). The van der Waals surface area contributed by atoms with Crippen molar-refractivity contribution in [2.45, 2.75) is 23.6 Å². The number of para-hydroxylation sites is 1. The molecule has 0 saturated carbocycles. The molecule has 156 valence electrons. The van der Waals surface area contributed by atoms with E-state index in [-0.39, 0.29) is 12.5 Å². The van der Waals surface area contributed by atoms with Crippen LogP contribution in [0.2, 0.25) is 0 Å². The molecule has 0 N–H and O–H groups in total. The van der Waals surface area contributed by atoms with Crippen LogP contribution in [0.1, 0.15) is 21.7 Å². The van der Waals surface area contributed by atoms with Gasteiger partial charge in [0.05, 0.1) is 12.0 Å². The fourth-order valence-corrected chi connectivity index (χ4v) is 4.61. The standard InChI is InChI=1S/C24H26N2O3S/c1-18-9-10-22(19(2)16-18)30-23-8-4-3-6-20(23)26-13-11-25(12-14-26)17-29-24(27)21-7-5-15-28-21/h3-10,15-16H,11-14,17H2,1-2H3. The van der Waals surface area contributed by atoms with E-state index in [0.717, 1.165) is 26.2 Å². The van der Waals surface area contributed by atoms with Crippen LogP contribution in [0.15, 0.2) is 75.1 Å². The van der Waals surface area contributed by atoms with Crippen molar-refractivity contribution in [3.63, 3.8) is 0 Å². The van der Waals surface area contributed by atoms with Gasteiger partial charge in [0.25, 0.3) is 0 Å². The van der Waals surface area contributed by atoms with E-state index in [1.165, 1.54) is 32.9 Å². The summed E-state index contributed by atoms with van der Waals surface area (Å²) in [5, 5.41) is 0. The van der Waals surface area contributed by atoms with Crippen molar-refractivity contribution in [2.24, 2.45) is 0 Å². The lowest BCUT2D eigenvalue weighted by atomic mass is 10.2. The Morgan fingerprint density at radius 1 is 1.00 bits per heavy atom. The lowest BCUT2D eigenvalue weighted by Crippen LogP contribution is -2.47. The maximum Gasteiger partial charge on any atom is 0.375 e. The number of carbonyl (C=O) groups excluding carboxylic acids is 1. The number of furan rings is 1. The third-order valence-corrected chi connectivity index (χ3v) is 6.47. The molecular formula is C24H26N2O3S. The molecule has 0 radical (unpaired) electrons. The van der Waals surface area contributed by atoms with E-state index in [9.17, 15) is 4.79 Å². The van der Waals surface area contributed by atoms with Gasteiger partial charge in [0.2, 0.25) is 5.76 Å². The highest BCUT2D eigenvalue weighted by atomic mass is 32.2. The first-order valence-corrected chi connectivity index (χ1v) is 10.9. The summed E-state index contributed by atoms with van der Waals surface area (Å²) >= 11 is 1.82. The Morgan fingerprint density at radius 2 is 1.80 bits per heavy atom. The SMILES string of the molecule is Cc1ccc(Sc2ccccc2N2CCN(COC(=O)c3ccco3)CC2)c(C)c1. The fraction of sp³-hybridized carbons (Fsp3) is 0.292. The molecule has 2 aromatic carbocycles. The zero-order valence-electron chi connectivity index (χ0n) is 17.3. The number of rotatable bonds is 6. The van der Waals surface area contributed by atoms with Gasteiger partial charge in [-0.25, -0.2) is 4.79 Å². The first-order valence-electron chi connectivity index (χ1n) is 10.1. The minimum atomic E-state index is -0.419. The molecule has 1 aliphatic heterocycles. The second-order valence-corrected chi connectivity index (χ2v) is 8.57. The second kappa shape index (κ2) is 9.41. The third-order valence-electron chi connectivity index (χ3n) is 5.23. The molecule has 1 aliphatic rings. The van der Waals surface area contributed by atoms with Crippen molar-refractivity contribution in [1.29, 1.82) is 0 Å². The molecular weight excluding hydrogens is 396 g/mol. The van der Waals surface area contributed by atoms with Crippen LogP contribution in [0, 0.1) is 13.8 Å². The largest absolute Gasteiger partial charge is 0.457 e. The highest BCUT2D eigenvalue weighted by Crippen LogP contribution is 2.37. The normalized spacial score (nSPS) is 14.7. The van der Waals surface area contributed by atoms with Crippen molar-refractivity contribution in [2.75, 3.05) is 37.8 Å². The van der Waals surface area contributed by atoms with Crippen LogP contribution >= 0.6 is 11.8 Å². The van der Waals surface area contributed by atoms with Crippen molar-refractivity contribution in [3.8, 4) is 0 Å². The van der Waals surface area contributed by atoms with Gasteiger partial charge >= 0.3 is 5.97 Å².